The molecule has 8 atom stereocenters. The number of carboxylic acids is 1. The minimum absolute atomic E-state index is 0.0105. The average Bonchev–Trinajstić information content (AvgIpc) is 1.64. The number of nitrogens with one attached hydrogen (secondary N) is 12. The zero-order chi connectivity index (χ0) is 74.1. The fourth-order valence-electron chi connectivity index (χ4n) is 13.6. The maximum atomic E-state index is 14.0. The number of hydrogen-bond acceptors (Lipinski definition) is 23. The van der Waals surface area contributed by atoms with E-state index in [1.165, 1.54) is 0 Å². The largest absolute Gasteiger partial charge is 0.481 e. The monoisotopic (exact) mass is 1530 g/mol. The van der Waals surface area contributed by atoms with E-state index in [1.54, 1.807) is 0 Å². The lowest BCUT2D eigenvalue weighted by Crippen LogP contribution is -2.54. The van der Waals surface area contributed by atoms with Crippen molar-refractivity contribution in [2.24, 2.45) is 5.92 Å². The first-order chi connectivity index (χ1) is 49.2. The van der Waals surface area contributed by atoms with Crippen molar-refractivity contribution in [2.45, 2.75) is 213 Å². The molecule has 8 heterocycles. The molecule has 7 aliphatic rings. The minimum atomic E-state index is -4.41. The van der Waals surface area contributed by atoms with Crippen molar-refractivity contribution >= 4 is 127 Å². The number of carbonyl (C=O) groups excluding carboxylic acids is 10. The van der Waals surface area contributed by atoms with Gasteiger partial charge in [-0.3, -0.25) is 52.3 Å². The molecule has 36 nitrogen and oxygen atoms in total. The Morgan fingerprint density at radius 2 is 0.806 bits per heavy atom. The molecule has 0 spiro atoms. The van der Waals surface area contributed by atoms with Crippen molar-refractivity contribution in [1.29, 1.82) is 0 Å². The van der Waals surface area contributed by atoms with Crippen LogP contribution in [0, 0.1) is 5.92 Å². The number of fused-ring (bicyclic) bond motifs is 2. The third-order valence-corrected chi connectivity index (χ3v) is 23.8. The Kier molecular flexibility index (Phi) is 31.8. The van der Waals surface area contributed by atoms with Crippen LogP contribution in [0.15, 0.2) is 0 Å². The van der Waals surface area contributed by atoms with E-state index in [1.807, 2.05) is 38.2 Å². The lowest BCUT2D eigenvalue weighted by atomic mass is 9.97. The summed E-state index contributed by atoms with van der Waals surface area (Å²) in [6.45, 7) is 1.98. The molecule has 7 aliphatic heterocycles. The predicted molar refractivity (Wildman–Crippen MR) is 382 cm³/mol. The molecule has 7 fully saturated rings. The molecule has 103 heavy (non-hydrogen) atoms. The van der Waals surface area contributed by atoms with Gasteiger partial charge in [0.15, 0.2) is 0 Å². The molecule has 1 aromatic heterocycles. The number of carbonyl (C=O) groups is 11. The molecule has 0 radical (unpaired) electrons. The summed E-state index contributed by atoms with van der Waals surface area (Å²) >= 11 is 3.66. The van der Waals surface area contributed by atoms with E-state index in [9.17, 15) is 83.8 Å². The fraction of sp³-hybridized carbons (Fsp3) is 0.778. The molecular weight excluding hydrogens is 1430 g/mol. The Morgan fingerprint density at radius 1 is 0.456 bits per heavy atom. The molecule has 7 saturated heterocycles. The quantitative estimate of drug-likeness (QED) is 0.0210. The van der Waals surface area contributed by atoms with Crippen LogP contribution in [0.5, 0.6) is 0 Å². The van der Waals surface area contributed by atoms with Gasteiger partial charge in [-0.1, -0.05) is 25.7 Å². The van der Waals surface area contributed by atoms with Crippen LogP contribution in [-0.4, -0.2) is 259 Å². The predicted octanol–water partition coefficient (Wildman–Crippen LogP) is -1.09. The summed E-state index contributed by atoms with van der Waals surface area (Å²) in [6, 6.07) is -3.33. The average molecular weight is 1530 g/mol. The molecule has 0 saturated carbocycles. The Balaban J connectivity index is 0.793. The fourth-order valence-corrected chi connectivity index (χ4v) is 17.4. The van der Waals surface area contributed by atoms with Gasteiger partial charge < -0.3 is 83.6 Å². The lowest BCUT2D eigenvalue weighted by Gasteiger charge is -2.36. The number of carboxylic acid groups (broad SMARTS) is 1. The Morgan fingerprint density at radius 3 is 1.17 bits per heavy atom. The topological polar surface area (TPSA) is 509 Å². The zero-order valence-corrected chi connectivity index (χ0v) is 61.3. The summed E-state index contributed by atoms with van der Waals surface area (Å²) in [4.78, 5) is 161. The van der Waals surface area contributed by atoms with Crippen molar-refractivity contribution in [3.05, 3.63) is 0 Å². The third-order valence-electron chi connectivity index (χ3n) is 19.4. The Labute approximate surface area is 608 Å². The molecule has 576 valence electrons. The SMILES string of the molecule is O=C(CCCC[C@@H]1SCC2NC(=O)NC21)NCCCCCC(=O)NC(CC(=O)NCCS(=O)(=O)O)C(=O)NC1CCN(c2nc(N3CCC(NC(=O)C(CC(=O)NCCS(=O)(=O)O)NC(=O)CCCCCNC(=O)CCCC[C@H]4SCC5NC(=O)NC54)CC3)nc(N3CCC(C(=O)O)CC3)n2)CC1. The maximum Gasteiger partial charge on any atom is 0.315 e. The number of thioether (sulfide) groups is 2. The van der Waals surface area contributed by atoms with Crippen LogP contribution in [0.2, 0.25) is 0 Å². The highest BCUT2D eigenvalue weighted by molar-refractivity contribution is 8.00. The number of aliphatic carboxylic acids is 1. The zero-order valence-electron chi connectivity index (χ0n) is 58.0. The van der Waals surface area contributed by atoms with Gasteiger partial charge in [0.25, 0.3) is 20.2 Å². The second kappa shape index (κ2) is 40.3. The van der Waals surface area contributed by atoms with Gasteiger partial charge in [0.2, 0.25) is 65.1 Å². The van der Waals surface area contributed by atoms with Crippen LogP contribution in [-0.2, 0) is 63.4 Å². The van der Waals surface area contributed by atoms with Crippen LogP contribution in [0.4, 0.5) is 27.4 Å². The van der Waals surface area contributed by atoms with E-state index in [0.717, 1.165) is 37.2 Å². The summed E-state index contributed by atoms with van der Waals surface area (Å²) in [6.07, 6.45) is 10.0. The number of aromatic nitrogens is 3. The van der Waals surface area contributed by atoms with Gasteiger partial charge in [-0.25, -0.2) is 9.59 Å². The number of anilines is 3. The first-order valence-corrected chi connectivity index (χ1v) is 41.3. The van der Waals surface area contributed by atoms with Gasteiger partial charge in [-0.05, 0) is 89.9 Å². The van der Waals surface area contributed by atoms with E-state index in [4.69, 9.17) is 15.0 Å². The van der Waals surface area contributed by atoms with Crippen LogP contribution in [0.25, 0.3) is 0 Å². The lowest BCUT2D eigenvalue weighted by molar-refractivity contribution is -0.142. The van der Waals surface area contributed by atoms with Crippen molar-refractivity contribution < 1.29 is 83.8 Å². The van der Waals surface area contributed by atoms with E-state index >= 15 is 0 Å². The van der Waals surface area contributed by atoms with Gasteiger partial charge in [0, 0.05) is 125 Å². The number of rotatable bonds is 42. The Hall–Kier alpha value is -7.30. The number of nitrogens with zero attached hydrogens (tertiary/aromatic N) is 6. The summed E-state index contributed by atoms with van der Waals surface area (Å²) in [5.74, 6) is -4.24. The number of hydrogen-bond donors (Lipinski definition) is 15. The molecular formula is C63H102N18O18S4. The standard InChI is InChI=1S/C63H102N18O18S4/c82-48(13-7-5-11-46-54-44(37-100-46)72-62(92)74-54)64-23-9-1-3-15-50(84)70-42(35-52(86)66-25-33-102(94,95)96)56(88)68-40-19-29-80(30-20-40)60-76-59(79-27-17-39(18-28-79)58(90)91)77-61(78-60)81-31-21-41(22-32-81)69-57(89)43(36-53(87)67-26-34-103(97,98)99)71-51(85)16-4-2-10-24-65-49(83)14-8-6-12-47-55-45(38-101-47)73-63(93)75-55/h39-47,54-55H,1-38H2,(H,64,82)(H,65,83)(H,66,86)(H,67,87)(H,68,88)(H,69,89)(H,70,84)(H,71,85)(H,90,91)(H2,72,74,92)(H2,73,75,93)(H,94,95,96)(H,97,98,99)/t42?,43?,44?,45?,46-,47+,54?,55?. The molecule has 0 aromatic carbocycles. The van der Waals surface area contributed by atoms with E-state index < -0.39 is 129 Å². The van der Waals surface area contributed by atoms with Gasteiger partial charge in [-0.15, -0.1) is 0 Å². The van der Waals surface area contributed by atoms with Crippen LogP contribution in [0.1, 0.15) is 154 Å². The highest BCUT2D eigenvalue weighted by Crippen LogP contribution is 2.35. The highest BCUT2D eigenvalue weighted by atomic mass is 32.2. The van der Waals surface area contributed by atoms with E-state index in [-0.39, 0.29) is 60.9 Å². The molecule has 15 N–H and O–H groups in total. The Bertz CT molecular complexity index is 3150. The number of amides is 12. The molecule has 40 heteroatoms. The molecule has 12 amide bonds. The molecule has 8 rings (SSSR count). The van der Waals surface area contributed by atoms with Gasteiger partial charge >= 0.3 is 18.0 Å². The van der Waals surface area contributed by atoms with Crippen molar-refractivity contribution in [1.82, 2.24) is 78.8 Å². The first kappa shape index (κ1) is 81.4. The highest BCUT2D eigenvalue weighted by Gasteiger charge is 2.44. The summed E-state index contributed by atoms with van der Waals surface area (Å²) in [5.41, 5.74) is 0. The second-order valence-electron chi connectivity index (χ2n) is 27.4. The summed E-state index contributed by atoms with van der Waals surface area (Å²) in [5, 5.41) is 44.0. The van der Waals surface area contributed by atoms with Gasteiger partial charge in [0.05, 0.1) is 54.4 Å². The van der Waals surface area contributed by atoms with Crippen molar-refractivity contribution in [2.75, 3.05) is 103 Å². The molecule has 1 aromatic rings. The van der Waals surface area contributed by atoms with Crippen LogP contribution in [0.3, 0.4) is 0 Å². The maximum absolute atomic E-state index is 14.0. The van der Waals surface area contributed by atoms with E-state index in [2.05, 4.69) is 63.8 Å². The summed E-state index contributed by atoms with van der Waals surface area (Å²) < 4.78 is 63.8. The smallest absolute Gasteiger partial charge is 0.315 e. The molecule has 0 aliphatic carbocycles. The van der Waals surface area contributed by atoms with Gasteiger partial charge in [-0.2, -0.15) is 55.3 Å². The number of unbranched alkanes of at least 4 members (excludes halogenated alkanes) is 6. The van der Waals surface area contributed by atoms with Crippen molar-refractivity contribution in [3.8, 4) is 0 Å². The van der Waals surface area contributed by atoms with Crippen molar-refractivity contribution in [3.63, 3.8) is 0 Å². The molecule has 0 bridgehead atoms. The normalized spacial score (nSPS) is 22.1. The summed E-state index contributed by atoms with van der Waals surface area (Å²) in [7, 11) is -8.82. The van der Waals surface area contributed by atoms with E-state index in [0.29, 0.717) is 183 Å². The number of piperidine rings is 3. The van der Waals surface area contributed by atoms with Crippen LogP contribution >= 0.6 is 23.5 Å². The number of urea groups is 2. The van der Waals surface area contributed by atoms with Gasteiger partial charge in [0.1, 0.15) is 12.1 Å². The molecule has 6 unspecified atom stereocenters. The minimum Gasteiger partial charge on any atom is -0.481 e. The van der Waals surface area contributed by atoms with Crippen LogP contribution < -0.4 is 78.5 Å². The first-order valence-electron chi connectivity index (χ1n) is 36.0. The second-order valence-corrected chi connectivity index (χ2v) is 33.0. The third kappa shape index (κ3) is 27.9.